The van der Waals surface area contributed by atoms with E-state index in [1.165, 1.54) is 6.07 Å². The predicted octanol–water partition coefficient (Wildman–Crippen LogP) is 2.40. The van der Waals surface area contributed by atoms with Gasteiger partial charge in [-0.1, -0.05) is 17.7 Å². The molecule has 0 spiro atoms. The first-order valence-corrected chi connectivity index (χ1v) is 7.40. The van der Waals surface area contributed by atoms with E-state index in [1.54, 1.807) is 24.1 Å². The third kappa shape index (κ3) is 3.86. The first-order chi connectivity index (χ1) is 9.95. The van der Waals surface area contributed by atoms with Gasteiger partial charge in [0, 0.05) is 37.8 Å². The number of benzene rings is 1. The van der Waals surface area contributed by atoms with E-state index in [2.05, 4.69) is 10.3 Å². The number of hydrogen-bond donors (Lipinski definition) is 2. The van der Waals surface area contributed by atoms with Gasteiger partial charge >= 0.3 is 0 Å². The normalized spacial score (nSPS) is 17.3. The van der Waals surface area contributed by atoms with Gasteiger partial charge in [0.2, 0.25) is 0 Å². The van der Waals surface area contributed by atoms with E-state index in [0.717, 1.165) is 19.3 Å². The highest BCUT2D eigenvalue weighted by atomic mass is 35.5. The van der Waals surface area contributed by atoms with Gasteiger partial charge in [-0.2, -0.15) is 0 Å². The van der Waals surface area contributed by atoms with Crippen molar-refractivity contribution in [1.29, 1.82) is 0 Å². The summed E-state index contributed by atoms with van der Waals surface area (Å²) in [7, 11) is 3.47. The fraction of sp³-hybridized carbons (Fsp3) is 0.533. The Hall–Kier alpha value is -1.33. The summed E-state index contributed by atoms with van der Waals surface area (Å²) in [5.74, 6) is 0.275. The molecule has 116 valence electrons. The van der Waals surface area contributed by atoms with Crippen LogP contribution in [0.15, 0.2) is 23.2 Å². The van der Waals surface area contributed by atoms with Crippen molar-refractivity contribution in [1.82, 2.24) is 10.2 Å². The molecule has 0 aliphatic heterocycles. The van der Waals surface area contributed by atoms with Crippen LogP contribution in [0.25, 0.3) is 0 Å². The highest BCUT2D eigenvalue weighted by Gasteiger charge is 2.34. The van der Waals surface area contributed by atoms with Crippen LogP contribution in [0, 0.1) is 5.82 Å². The van der Waals surface area contributed by atoms with Gasteiger partial charge in [0.1, 0.15) is 5.82 Å². The van der Waals surface area contributed by atoms with Gasteiger partial charge in [0.05, 0.1) is 5.60 Å². The molecular formula is C15H21ClFN3O. The van der Waals surface area contributed by atoms with Crippen LogP contribution in [0.2, 0.25) is 5.02 Å². The molecule has 0 radical (unpaired) electrons. The summed E-state index contributed by atoms with van der Waals surface area (Å²) in [6.45, 7) is 0.763. The molecule has 0 unspecified atom stereocenters. The van der Waals surface area contributed by atoms with Gasteiger partial charge in [-0.25, -0.2) is 4.39 Å². The van der Waals surface area contributed by atoms with Crippen LogP contribution in [0.3, 0.4) is 0 Å². The minimum Gasteiger partial charge on any atom is -0.388 e. The summed E-state index contributed by atoms with van der Waals surface area (Å²) in [6, 6.07) is 4.64. The third-order valence-corrected chi connectivity index (χ3v) is 4.24. The van der Waals surface area contributed by atoms with Crippen LogP contribution in [0.1, 0.15) is 24.8 Å². The molecular weight excluding hydrogens is 293 g/mol. The number of nitrogens with zero attached hydrogens (tertiary/aromatic N) is 2. The Morgan fingerprint density at radius 2 is 2.24 bits per heavy atom. The number of halogens is 2. The number of nitrogens with one attached hydrogen (secondary N) is 1. The molecule has 2 N–H and O–H groups in total. The molecule has 2 rings (SSSR count). The largest absolute Gasteiger partial charge is 0.388 e. The molecule has 1 aliphatic rings. The Labute approximate surface area is 129 Å². The minimum absolute atomic E-state index is 0.309. The maximum atomic E-state index is 13.8. The molecule has 1 aromatic carbocycles. The van der Waals surface area contributed by atoms with Crippen LogP contribution < -0.4 is 5.32 Å². The van der Waals surface area contributed by atoms with Crippen LogP contribution in [-0.2, 0) is 6.54 Å². The second-order valence-electron chi connectivity index (χ2n) is 5.53. The summed E-state index contributed by atoms with van der Waals surface area (Å²) in [6.07, 6.45) is 2.66. The highest BCUT2D eigenvalue weighted by Crippen LogP contribution is 2.30. The lowest BCUT2D eigenvalue weighted by Crippen LogP contribution is -2.50. The van der Waals surface area contributed by atoms with Crippen molar-refractivity contribution >= 4 is 17.6 Å². The molecule has 1 aromatic rings. The van der Waals surface area contributed by atoms with Crippen molar-refractivity contribution < 1.29 is 9.50 Å². The molecule has 0 atom stereocenters. The van der Waals surface area contributed by atoms with Crippen molar-refractivity contribution in [3.63, 3.8) is 0 Å². The topological polar surface area (TPSA) is 47.9 Å². The Bertz CT molecular complexity index is 511. The molecule has 0 amide bonds. The molecule has 1 fully saturated rings. The fourth-order valence-electron chi connectivity index (χ4n) is 2.39. The van der Waals surface area contributed by atoms with Gasteiger partial charge in [0.25, 0.3) is 0 Å². The number of guanidine groups is 1. The highest BCUT2D eigenvalue weighted by molar-refractivity contribution is 6.31. The lowest BCUT2D eigenvalue weighted by molar-refractivity contribution is -0.0282. The number of hydrogen-bond acceptors (Lipinski definition) is 2. The minimum atomic E-state index is -0.633. The van der Waals surface area contributed by atoms with Crippen molar-refractivity contribution in [2.75, 3.05) is 20.6 Å². The molecule has 1 aliphatic carbocycles. The maximum absolute atomic E-state index is 13.8. The van der Waals surface area contributed by atoms with E-state index >= 15 is 0 Å². The Balaban J connectivity index is 1.98. The van der Waals surface area contributed by atoms with Crippen molar-refractivity contribution in [2.24, 2.45) is 4.99 Å². The lowest BCUT2D eigenvalue weighted by atomic mass is 9.80. The second-order valence-corrected chi connectivity index (χ2v) is 5.94. The first-order valence-electron chi connectivity index (χ1n) is 7.02. The maximum Gasteiger partial charge on any atom is 0.193 e. The van der Waals surface area contributed by atoms with E-state index in [-0.39, 0.29) is 5.82 Å². The SMILES string of the molecule is CN=C(NCC1(O)CCC1)N(C)Cc1c(F)cccc1Cl. The Morgan fingerprint density at radius 3 is 2.76 bits per heavy atom. The number of aliphatic hydroxyl groups is 1. The average molecular weight is 314 g/mol. The summed E-state index contributed by atoms with van der Waals surface area (Å²) in [4.78, 5) is 5.94. The van der Waals surface area contributed by atoms with Gasteiger partial charge in [-0.05, 0) is 31.4 Å². The summed E-state index contributed by atoms with van der Waals surface area (Å²) in [5.41, 5.74) is -0.196. The van der Waals surface area contributed by atoms with Gasteiger partial charge in [-0.15, -0.1) is 0 Å². The Morgan fingerprint density at radius 1 is 1.52 bits per heavy atom. The van der Waals surface area contributed by atoms with E-state index in [9.17, 15) is 9.50 Å². The molecule has 0 saturated heterocycles. The third-order valence-electron chi connectivity index (χ3n) is 3.89. The zero-order valence-electron chi connectivity index (χ0n) is 12.4. The predicted molar refractivity (Wildman–Crippen MR) is 83.0 cm³/mol. The zero-order chi connectivity index (χ0) is 15.5. The van der Waals surface area contributed by atoms with E-state index in [4.69, 9.17) is 11.6 Å². The van der Waals surface area contributed by atoms with Crippen LogP contribution in [0.5, 0.6) is 0 Å². The molecule has 6 heteroatoms. The van der Waals surface area contributed by atoms with Crippen molar-refractivity contribution in [3.05, 3.63) is 34.6 Å². The van der Waals surface area contributed by atoms with Crippen molar-refractivity contribution in [2.45, 2.75) is 31.4 Å². The standard InChI is InChI=1S/C15H21ClFN3O/c1-18-14(19-10-15(21)7-4-8-15)20(2)9-11-12(16)5-3-6-13(11)17/h3,5-6,21H,4,7-10H2,1-2H3,(H,18,19). The van der Waals surface area contributed by atoms with Crippen LogP contribution >= 0.6 is 11.6 Å². The Kier molecular flexibility index (Phi) is 5.06. The summed E-state index contributed by atoms with van der Waals surface area (Å²) in [5, 5.41) is 13.6. The van der Waals surface area contributed by atoms with Crippen molar-refractivity contribution in [3.8, 4) is 0 Å². The molecule has 1 saturated carbocycles. The average Bonchev–Trinajstić information content (AvgIpc) is 2.41. The van der Waals surface area contributed by atoms with Crippen LogP contribution in [-0.4, -0.2) is 42.2 Å². The zero-order valence-corrected chi connectivity index (χ0v) is 13.1. The number of rotatable bonds is 4. The molecule has 0 heterocycles. The molecule has 4 nitrogen and oxygen atoms in total. The molecule has 21 heavy (non-hydrogen) atoms. The second kappa shape index (κ2) is 6.62. The van der Waals surface area contributed by atoms with Gasteiger partial charge < -0.3 is 15.3 Å². The molecule has 0 aromatic heterocycles. The first kappa shape index (κ1) is 16.0. The lowest BCUT2D eigenvalue weighted by Gasteiger charge is -2.37. The van der Waals surface area contributed by atoms with Gasteiger partial charge in [0.15, 0.2) is 5.96 Å². The van der Waals surface area contributed by atoms with Gasteiger partial charge in [-0.3, -0.25) is 4.99 Å². The summed E-state index contributed by atoms with van der Waals surface area (Å²) < 4.78 is 13.8. The summed E-state index contributed by atoms with van der Waals surface area (Å²) >= 11 is 6.04. The smallest absolute Gasteiger partial charge is 0.193 e. The number of aliphatic imine (C=N–C) groups is 1. The van der Waals surface area contributed by atoms with Crippen LogP contribution in [0.4, 0.5) is 4.39 Å². The van der Waals surface area contributed by atoms with E-state index < -0.39 is 5.60 Å². The molecule has 0 bridgehead atoms. The quantitative estimate of drug-likeness (QED) is 0.663. The monoisotopic (exact) mass is 313 g/mol. The van der Waals surface area contributed by atoms with E-state index in [1.807, 2.05) is 7.05 Å². The fourth-order valence-corrected chi connectivity index (χ4v) is 2.61. The van der Waals surface area contributed by atoms with E-state index in [0.29, 0.717) is 29.6 Å².